The number of para-hydroxylation sites is 2. The van der Waals surface area contributed by atoms with Gasteiger partial charge in [-0.3, -0.25) is 9.59 Å². The Bertz CT molecular complexity index is 1140. The molecule has 0 aliphatic carbocycles. The fraction of sp³-hybridized carbons (Fsp3) is 0.417. The normalized spacial score (nSPS) is 11.2. The number of rotatable bonds is 13. The van der Waals surface area contributed by atoms with Crippen LogP contribution in [0.3, 0.4) is 0 Å². The summed E-state index contributed by atoms with van der Waals surface area (Å²) in [4.78, 5) is 24.1. The van der Waals surface area contributed by atoms with Crippen molar-refractivity contribution in [2.24, 2.45) is 0 Å². The molecule has 2 amide bonds. The first-order valence-corrected chi connectivity index (χ1v) is 11.8. The van der Waals surface area contributed by atoms with E-state index in [1.54, 1.807) is 9.36 Å². The summed E-state index contributed by atoms with van der Waals surface area (Å²) in [5, 5.41) is 22.3. The fourth-order valence-corrected chi connectivity index (χ4v) is 3.82. The molecule has 10 heteroatoms. The SMILES string of the molecule is O=C(CCn1nnc2ccccc21)NCCCCCCNC(=O)CCn1nnc2ccccc21. The van der Waals surface area contributed by atoms with E-state index >= 15 is 0 Å². The fourth-order valence-electron chi connectivity index (χ4n) is 3.82. The third-order valence-corrected chi connectivity index (χ3v) is 5.69. The van der Waals surface area contributed by atoms with Crippen molar-refractivity contribution >= 4 is 33.9 Å². The Hall–Kier alpha value is -3.82. The summed E-state index contributed by atoms with van der Waals surface area (Å²) in [6.45, 7) is 2.35. The van der Waals surface area contributed by atoms with E-state index in [2.05, 4.69) is 31.3 Å². The lowest BCUT2D eigenvalue weighted by Gasteiger charge is -2.07. The molecular formula is C24H30N8O2. The van der Waals surface area contributed by atoms with Crippen LogP contribution in [0.1, 0.15) is 38.5 Å². The topological polar surface area (TPSA) is 120 Å². The molecule has 34 heavy (non-hydrogen) atoms. The monoisotopic (exact) mass is 462 g/mol. The van der Waals surface area contributed by atoms with E-state index in [9.17, 15) is 9.59 Å². The lowest BCUT2D eigenvalue weighted by molar-refractivity contribution is -0.122. The molecule has 0 saturated heterocycles. The van der Waals surface area contributed by atoms with E-state index in [0.29, 0.717) is 39.0 Å². The molecule has 2 aromatic heterocycles. The van der Waals surface area contributed by atoms with Crippen molar-refractivity contribution in [1.29, 1.82) is 0 Å². The van der Waals surface area contributed by atoms with Crippen LogP contribution >= 0.6 is 0 Å². The number of carbonyl (C=O) groups excluding carboxylic acids is 2. The van der Waals surface area contributed by atoms with Crippen LogP contribution in [-0.4, -0.2) is 54.9 Å². The highest BCUT2D eigenvalue weighted by Crippen LogP contribution is 2.11. The maximum atomic E-state index is 12.1. The van der Waals surface area contributed by atoms with Gasteiger partial charge in [0.25, 0.3) is 0 Å². The molecule has 0 aliphatic rings. The quantitative estimate of drug-likeness (QED) is 0.295. The van der Waals surface area contributed by atoms with Crippen molar-refractivity contribution in [1.82, 2.24) is 40.6 Å². The Balaban J connectivity index is 1.01. The van der Waals surface area contributed by atoms with Gasteiger partial charge in [-0.25, -0.2) is 9.36 Å². The van der Waals surface area contributed by atoms with Crippen LogP contribution in [-0.2, 0) is 22.7 Å². The van der Waals surface area contributed by atoms with Gasteiger partial charge in [-0.1, -0.05) is 47.5 Å². The molecule has 2 heterocycles. The molecule has 2 N–H and O–H groups in total. The van der Waals surface area contributed by atoms with E-state index in [1.165, 1.54) is 0 Å². The minimum atomic E-state index is 0.0204. The number of hydrogen-bond donors (Lipinski definition) is 2. The number of amides is 2. The smallest absolute Gasteiger partial charge is 0.221 e. The van der Waals surface area contributed by atoms with Crippen LogP contribution in [0.25, 0.3) is 22.1 Å². The number of nitrogens with one attached hydrogen (secondary N) is 2. The average molecular weight is 463 g/mol. The Kier molecular flexibility index (Phi) is 8.15. The minimum absolute atomic E-state index is 0.0204. The van der Waals surface area contributed by atoms with Crippen LogP contribution in [0.15, 0.2) is 48.5 Å². The van der Waals surface area contributed by atoms with Gasteiger partial charge in [0.2, 0.25) is 11.8 Å². The molecule has 0 unspecified atom stereocenters. The van der Waals surface area contributed by atoms with E-state index in [0.717, 1.165) is 47.8 Å². The van der Waals surface area contributed by atoms with Gasteiger partial charge in [0.15, 0.2) is 0 Å². The van der Waals surface area contributed by atoms with Crippen molar-refractivity contribution in [3.05, 3.63) is 48.5 Å². The molecule has 0 saturated carbocycles. The van der Waals surface area contributed by atoms with Gasteiger partial charge in [-0.05, 0) is 37.1 Å². The average Bonchev–Trinajstić information content (AvgIpc) is 3.47. The molecule has 0 bridgehead atoms. The number of unbranched alkanes of at least 4 members (excludes halogenated alkanes) is 3. The van der Waals surface area contributed by atoms with Gasteiger partial charge in [0, 0.05) is 25.9 Å². The van der Waals surface area contributed by atoms with Gasteiger partial charge in [0.1, 0.15) is 11.0 Å². The van der Waals surface area contributed by atoms with E-state index < -0.39 is 0 Å². The van der Waals surface area contributed by atoms with E-state index in [4.69, 9.17) is 0 Å². The second-order valence-electron chi connectivity index (χ2n) is 8.22. The zero-order chi connectivity index (χ0) is 23.6. The highest BCUT2D eigenvalue weighted by molar-refractivity contribution is 5.77. The lowest BCUT2D eigenvalue weighted by Crippen LogP contribution is -2.26. The molecule has 0 fully saturated rings. The van der Waals surface area contributed by atoms with Crippen LogP contribution in [0.4, 0.5) is 0 Å². The third kappa shape index (κ3) is 6.37. The molecule has 0 spiro atoms. The first-order chi connectivity index (χ1) is 16.7. The summed E-state index contributed by atoms with van der Waals surface area (Å²) in [6, 6.07) is 15.4. The Morgan fingerprint density at radius 1 is 0.647 bits per heavy atom. The largest absolute Gasteiger partial charge is 0.356 e. The molecular weight excluding hydrogens is 432 g/mol. The standard InChI is InChI=1S/C24H30N8O2/c33-23(13-17-31-21-11-5-3-9-19(21)27-29-31)25-15-7-1-2-8-16-26-24(34)14-18-32-22-12-6-4-10-20(22)28-30-32/h3-6,9-12H,1-2,7-8,13-18H2,(H,25,33)(H,26,34). The van der Waals surface area contributed by atoms with Crippen molar-refractivity contribution in [2.45, 2.75) is 51.6 Å². The highest BCUT2D eigenvalue weighted by atomic mass is 16.2. The number of hydrogen-bond acceptors (Lipinski definition) is 6. The van der Waals surface area contributed by atoms with Crippen molar-refractivity contribution < 1.29 is 9.59 Å². The van der Waals surface area contributed by atoms with Gasteiger partial charge < -0.3 is 10.6 Å². The van der Waals surface area contributed by atoms with Gasteiger partial charge in [0.05, 0.1) is 24.1 Å². The van der Waals surface area contributed by atoms with Crippen molar-refractivity contribution in [3.63, 3.8) is 0 Å². The number of carbonyl (C=O) groups is 2. The second-order valence-corrected chi connectivity index (χ2v) is 8.22. The number of aryl methyl sites for hydroxylation is 2. The van der Waals surface area contributed by atoms with Crippen LogP contribution < -0.4 is 10.6 Å². The Morgan fingerprint density at radius 3 is 1.56 bits per heavy atom. The first kappa shape index (κ1) is 23.3. The van der Waals surface area contributed by atoms with Crippen molar-refractivity contribution in [2.75, 3.05) is 13.1 Å². The van der Waals surface area contributed by atoms with Crippen LogP contribution in [0.2, 0.25) is 0 Å². The molecule has 4 aromatic rings. The first-order valence-electron chi connectivity index (χ1n) is 11.8. The molecule has 178 valence electrons. The molecule has 2 aromatic carbocycles. The lowest BCUT2D eigenvalue weighted by atomic mass is 10.2. The molecule has 0 radical (unpaired) electrons. The zero-order valence-corrected chi connectivity index (χ0v) is 19.2. The summed E-state index contributed by atoms with van der Waals surface area (Å²) in [7, 11) is 0. The maximum absolute atomic E-state index is 12.1. The number of benzene rings is 2. The van der Waals surface area contributed by atoms with Crippen LogP contribution in [0, 0.1) is 0 Å². The summed E-state index contributed by atoms with van der Waals surface area (Å²) in [5.74, 6) is 0.0407. The summed E-state index contributed by atoms with van der Waals surface area (Å²) in [5.41, 5.74) is 3.55. The predicted molar refractivity (Wildman–Crippen MR) is 129 cm³/mol. The second kappa shape index (κ2) is 11.9. The minimum Gasteiger partial charge on any atom is -0.356 e. The number of nitrogens with zero attached hydrogens (tertiary/aromatic N) is 6. The van der Waals surface area contributed by atoms with E-state index in [-0.39, 0.29) is 11.8 Å². The predicted octanol–water partition coefficient (Wildman–Crippen LogP) is 2.45. The summed E-state index contributed by atoms with van der Waals surface area (Å²) in [6.07, 6.45) is 4.62. The number of fused-ring (bicyclic) bond motifs is 2. The summed E-state index contributed by atoms with van der Waals surface area (Å²) >= 11 is 0. The maximum Gasteiger partial charge on any atom is 0.221 e. The molecule has 10 nitrogen and oxygen atoms in total. The van der Waals surface area contributed by atoms with Gasteiger partial charge >= 0.3 is 0 Å². The van der Waals surface area contributed by atoms with Gasteiger partial charge in [-0.2, -0.15) is 0 Å². The molecule has 4 rings (SSSR count). The Morgan fingerprint density at radius 2 is 1.09 bits per heavy atom. The Labute approximate surface area is 197 Å². The molecule has 0 atom stereocenters. The number of aromatic nitrogens is 6. The van der Waals surface area contributed by atoms with E-state index in [1.807, 2.05) is 48.5 Å². The van der Waals surface area contributed by atoms with Gasteiger partial charge in [-0.15, -0.1) is 10.2 Å². The highest BCUT2D eigenvalue weighted by Gasteiger charge is 2.07. The molecule has 0 aliphatic heterocycles. The zero-order valence-electron chi connectivity index (χ0n) is 19.2. The van der Waals surface area contributed by atoms with Crippen molar-refractivity contribution in [3.8, 4) is 0 Å². The summed E-state index contributed by atoms with van der Waals surface area (Å²) < 4.78 is 3.52. The van der Waals surface area contributed by atoms with Crippen LogP contribution in [0.5, 0.6) is 0 Å². The third-order valence-electron chi connectivity index (χ3n) is 5.69.